The van der Waals surface area contributed by atoms with Gasteiger partial charge in [-0.1, -0.05) is 35.3 Å². The average molecular weight is 283 g/mol. The third kappa shape index (κ3) is 3.39. The summed E-state index contributed by atoms with van der Waals surface area (Å²) in [6.07, 6.45) is -0.905. The van der Waals surface area contributed by atoms with E-state index in [1.165, 1.54) is 18.2 Å². The number of aliphatic hydroxyl groups excluding tert-OH is 2. The highest BCUT2D eigenvalue weighted by Crippen LogP contribution is 2.39. The van der Waals surface area contributed by atoms with E-state index in [2.05, 4.69) is 0 Å². The molecule has 2 N–H and O–H groups in total. The zero-order valence-electron chi connectivity index (χ0n) is 8.58. The monoisotopic (exact) mass is 282 g/mol. The molecular weight excluding hydrogens is 273 g/mol. The summed E-state index contributed by atoms with van der Waals surface area (Å²) >= 11 is 11.4. The Hall–Kier alpha value is -0.680. The summed E-state index contributed by atoms with van der Waals surface area (Å²) in [5, 5.41) is 17.9. The van der Waals surface area contributed by atoms with Gasteiger partial charge < -0.3 is 10.2 Å². The van der Waals surface area contributed by atoms with Crippen molar-refractivity contribution in [1.29, 1.82) is 0 Å². The third-order valence-corrected chi connectivity index (χ3v) is 2.74. The van der Waals surface area contributed by atoms with Crippen LogP contribution in [0.5, 0.6) is 0 Å². The summed E-state index contributed by atoms with van der Waals surface area (Å²) in [6.45, 7) is -0.543. The molecule has 0 radical (unpaired) electrons. The molecule has 17 heavy (non-hydrogen) atoms. The van der Waals surface area contributed by atoms with Crippen LogP contribution in [-0.4, -0.2) is 22.7 Å². The molecule has 0 aromatic heterocycles. The van der Waals surface area contributed by atoms with Gasteiger partial charge in [0.2, 0.25) is 0 Å². The van der Waals surface area contributed by atoms with E-state index in [0.29, 0.717) is 6.08 Å². The van der Waals surface area contributed by atoms with Crippen LogP contribution < -0.4 is 0 Å². The maximum atomic E-state index is 13.5. The van der Waals surface area contributed by atoms with Gasteiger partial charge in [0.1, 0.15) is 6.10 Å². The quantitative estimate of drug-likeness (QED) is 0.833. The number of hydrogen-bond donors (Lipinski definition) is 2. The third-order valence-electron chi connectivity index (χ3n) is 2.08. The summed E-state index contributed by atoms with van der Waals surface area (Å²) in [6, 6.07) is 4.21. The Labute approximate surface area is 107 Å². The van der Waals surface area contributed by atoms with Crippen LogP contribution in [0.15, 0.2) is 30.4 Å². The highest BCUT2D eigenvalue weighted by molar-refractivity contribution is 6.36. The van der Waals surface area contributed by atoms with Crippen molar-refractivity contribution in [1.82, 2.24) is 0 Å². The van der Waals surface area contributed by atoms with Gasteiger partial charge in [-0.25, -0.2) is 0 Å². The molecule has 2 nitrogen and oxygen atoms in total. The molecule has 1 aromatic rings. The molecular formula is C11H10Cl2F2O2. The first kappa shape index (κ1) is 14.4. The van der Waals surface area contributed by atoms with Gasteiger partial charge in [0.25, 0.3) is 5.92 Å². The fourth-order valence-electron chi connectivity index (χ4n) is 1.27. The molecule has 0 aliphatic rings. The summed E-state index contributed by atoms with van der Waals surface area (Å²) in [5.41, 5.74) is -0.233. The molecule has 0 aliphatic heterocycles. The van der Waals surface area contributed by atoms with Crippen LogP contribution in [0.25, 0.3) is 0 Å². The predicted molar refractivity (Wildman–Crippen MR) is 62.6 cm³/mol. The molecule has 1 unspecified atom stereocenters. The van der Waals surface area contributed by atoms with Crippen molar-refractivity contribution in [3.8, 4) is 0 Å². The van der Waals surface area contributed by atoms with Gasteiger partial charge in [-0.3, -0.25) is 0 Å². The molecule has 1 atom stereocenters. The maximum Gasteiger partial charge on any atom is 0.296 e. The zero-order chi connectivity index (χ0) is 13.1. The number of halogens is 4. The first-order valence-corrected chi connectivity index (χ1v) is 5.44. The van der Waals surface area contributed by atoms with Crippen molar-refractivity contribution in [2.24, 2.45) is 0 Å². The Morgan fingerprint density at radius 3 is 2.29 bits per heavy atom. The summed E-state index contributed by atoms with van der Waals surface area (Å²) < 4.78 is 27.0. The summed E-state index contributed by atoms with van der Waals surface area (Å²) in [5.74, 6) is -3.56. The Bertz CT molecular complexity index is 402. The molecule has 1 rings (SSSR count). The van der Waals surface area contributed by atoms with E-state index in [0.717, 1.165) is 6.08 Å². The fraction of sp³-hybridized carbons (Fsp3) is 0.273. The minimum Gasteiger partial charge on any atom is -0.392 e. The van der Waals surface area contributed by atoms with Crippen molar-refractivity contribution < 1.29 is 19.0 Å². The molecule has 1 aromatic carbocycles. The largest absolute Gasteiger partial charge is 0.392 e. The van der Waals surface area contributed by atoms with Crippen LogP contribution in [-0.2, 0) is 0 Å². The van der Waals surface area contributed by atoms with Crippen LogP contribution in [0.2, 0.25) is 10.0 Å². The van der Waals surface area contributed by atoms with Crippen molar-refractivity contribution in [2.75, 3.05) is 6.61 Å². The molecule has 0 fully saturated rings. The molecule has 0 saturated carbocycles. The van der Waals surface area contributed by atoms with Gasteiger partial charge in [0, 0.05) is 15.6 Å². The van der Waals surface area contributed by atoms with E-state index in [9.17, 15) is 13.9 Å². The lowest BCUT2D eigenvalue weighted by Gasteiger charge is -2.21. The maximum absolute atomic E-state index is 13.5. The lowest BCUT2D eigenvalue weighted by Crippen LogP contribution is -2.24. The molecule has 0 spiro atoms. The summed E-state index contributed by atoms with van der Waals surface area (Å²) in [7, 11) is 0. The smallest absolute Gasteiger partial charge is 0.296 e. The number of benzene rings is 1. The molecule has 0 saturated heterocycles. The standard InChI is InChI=1S/C11H10Cl2F2O2/c12-7-3-1-4-8(13)9(7)10(17)11(14,15)5-2-6-16/h1-5,10,16-17H,6H2/b5-2-. The number of aliphatic hydroxyl groups is 2. The first-order chi connectivity index (χ1) is 7.90. The predicted octanol–water partition coefficient (Wildman–Crippen LogP) is 3.21. The second-order valence-electron chi connectivity index (χ2n) is 3.30. The van der Waals surface area contributed by atoms with E-state index in [-0.39, 0.29) is 15.6 Å². The van der Waals surface area contributed by atoms with Gasteiger partial charge in [-0.2, -0.15) is 8.78 Å². The van der Waals surface area contributed by atoms with Crippen molar-refractivity contribution in [3.05, 3.63) is 46.0 Å². The normalized spacial score (nSPS) is 14.2. The highest BCUT2D eigenvalue weighted by Gasteiger charge is 2.38. The first-order valence-electron chi connectivity index (χ1n) is 4.68. The van der Waals surface area contributed by atoms with Crippen molar-refractivity contribution in [3.63, 3.8) is 0 Å². The van der Waals surface area contributed by atoms with Crippen LogP contribution in [0.3, 0.4) is 0 Å². The van der Waals surface area contributed by atoms with E-state index in [1.54, 1.807) is 0 Å². The average Bonchev–Trinajstić information content (AvgIpc) is 2.26. The molecule has 0 bridgehead atoms. The lowest BCUT2D eigenvalue weighted by atomic mass is 10.0. The Balaban J connectivity index is 3.11. The van der Waals surface area contributed by atoms with E-state index in [1.807, 2.05) is 0 Å². The Morgan fingerprint density at radius 1 is 1.29 bits per heavy atom. The van der Waals surface area contributed by atoms with Crippen molar-refractivity contribution >= 4 is 23.2 Å². The Morgan fingerprint density at radius 2 is 1.82 bits per heavy atom. The van der Waals surface area contributed by atoms with E-state index in [4.69, 9.17) is 28.3 Å². The summed E-state index contributed by atoms with van der Waals surface area (Å²) in [4.78, 5) is 0. The molecule has 6 heteroatoms. The SMILES string of the molecule is OC/C=C\C(F)(F)C(O)c1c(Cl)cccc1Cl. The number of alkyl halides is 2. The topological polar surface area (TPSA) is 40.5 Å². The van der Waals surface area contributed by atoms with Crippen molar-refractivity contribution in [2.45, 2.75) is 12.0 Å². The highest BCUT2D eigenvalue weighted by atomic mass is 35.5. The van der Waals surface area contributed by atoms with Gasteiger partial charge in [0.15, 0.2) is 0 Å². The van der Waals surface area contributed by atoms with Gasteiger partial charge in [-0.05, 0) is 18.2 Å². The Kier molecular flexibility index (Phi) is 4.89. The fourth-order valence-corrected chi connectivity index (χ4v) is 1.87. The molecule has 0 heterocycles. The van der Waals surface area contributed by atoms with Crippen LogP contribution in [0.4, 0.5) is 8.78 Å². The number of rotatable bonds is 4. The lowest BCUT2D eigenvalue weighted by molar-refractivity contribution is -0.0717. The van der Waals surface area contributed by atoms with E-state index >= 15 is 0 Å². The second-order valence-corrected chi connectivity index (χ2v) is 4.11. The second kappa shape index (κ2) is 5.78. The van der Waals surface area contributed by atoms with Gasteiger partial charge >= 0.3 is 0 Å². The van der Waals surface area contributed by atoms with E-state index < -0.39 is 18.6 Å². The minimum atomic E-state index is -3.56. The van der Waals surface area contributed by atoms with Gasteiger partial charge in [-0.15, -0.1) is 0 Å². The van der Waals surface area contributed by atoms with Crippen LogP contribution in [0.1, 0.15) is 11.7 Å². The van der Waals surface area contributed by atoms with Crippen LogP contribution >= 0.6 is 23.2 Å². The molecule has 0 amide bonds. The minimum absolute atomic E-state index is 0.0397. The zero-order valence-corrected chi connectivity index (χ0v) is 10.1. The molecule has 94 valence electrons. The number of hydrogen-bond acceptors (Lipinski definition) is 2. The van der Waals surface area contributed by atoms with Crippen LogP contribution in [0, 0.1) is 0 Å². The van der Waals surface area contributed by atoms with Gasteiger partial charge in [0.05, 0.1) is 6.61 Å². The molecule has 0 aliphatic carbocycles.